The van der Waals surface area contributed by atoms with Crippen molar-refractivity contribution in [2.24, 2.45) is 0 Å². The van der Waals surface area contributed by atoms with Gasteiger partial charge >= 0.3 is 0 Å². The summed E-state index contributed by atoms with van der Waals surface area (Å²) in [5, 5.41) is 7.95. The van der Waals surface area contributed by atoms with Crippen molar-refractivity contribution in [1.29, 1.82) is 0 Å². The summed E-state index contributed by atoms with van der Waals surface area (Å²) in [6.45, 7) is 0. The lowest BCUT2D eigenvalue weighted by Gasteiger charge is -2.14. The molecule has 0 fully saturated rings. The fraction of sp³-hybridized carbons (Fsp3) is 0. The molecule has 0 bridgehead atoms. The van der Waals surface area contributed by atoms with E-state index in [-0.39, 0.29) is 0 Å². The third-order valence-electron chi connectivity index (χ3n) is 12.3. The van der Waals surface area contributed by atoms with E-state index >= 15 is 0 Å². The third-order valence-corrected chi connectivity index (χ3v) is 12.3. The number of benzene rings is 9. The van der Waals surface area contributed by atoms with E-state index in [0.717, 1.165) is 88.3 Å². The molecule has 0 atom stereocenters. The molecule has 0 aliphatic rings. The zero-order valence-electron chi connectivity index (χ0n) is 32.8. The molecule has 0 spiro atoms. The minimum absolute atomic E-state index is 0.595. The Morgan fingerprint density at radius 1 is 0.377 bits per heavy atom. The summed E-state index contributed by atoms with van der Waals surface area (Å²) >= 11 is 0. The summed E-state index contributed by atoms with van der Waals surface area (Å²) in [6, 6.07) is 73.2. The average Bonchev–Trinajstić information content (AvgIpc) is 3.99. The van der Waals surface area contributed by atoms with Crippen molar-refractivity contribution in [3.8, 4) is 45.1 Å². The molecule has 9 aromatic carbocycles. The number of hydrogen-bond acceptors (Lipinski definition) is 3. The van der Waals surface area contributed by atoms with Gasteiger partial charge in [0.15, 0.2) is 5.58 Å². The van der Waals surface area contributed by atoms with Crippen molar-refractivity contribution in [3.05, 3.63) is 206 Å². The minimum Gasteiger partial charge on any atom is -0.452 e. The first-order chi connectivity index (χ1) is 30.3. The maximum atomic E-state index is 6.69. The van der Waals surface area contributed by atoms with Crippen LogP contribution in [0.3, 0.4) is 0 Å². The molecule has 0 radical (unpaired) electrons. The van der Waals surface area contributed by atoms with E-state index in [0.29, 0.717) is 11.5 Å². The molecule has 0 amide bonds. The number of para-hydroxylation sites is 4. The maximum absolute atomic E-state index is 6.69. The fourth-order valence-corrected chi connectivity index (χ4v) is 9.63. The molecule has 4 aromatic heterocycles. The van der Waals surface area contributed by atoms with Gasteiger partial charge in [0.05, 0.1) is 22.1 Å². The van der Waals surface area contributed by atoms with Gasteiger partial charge in [-0.15, -0.1) is 0 Å². The molecule has 5 heteroatoms. The third kappa shape index (κ3) is 5.08. The predicted molar refractivity (Wildman–Crippen MR) is 252 cm³/mol. The second kappa shape index (κ2) is 13.1. The zero-order chi connectivity index (χ0) is 40.0. The zero-order valence-corrected chi connectivity index (χ0v) is 32.8. The number of furan rings is 1. The molecule has 13 rings (SSSR count). The van der Waals surface area contributed by atoms with E-state index in [1.165, 1.54) is 21.8 Å². The van der Waals surface area contributed by atoms with E-state index in [9.17, 15) is 0 Å². The van der Waals surface area contributed by atoms with Gasteiger partial charge in [-0.3, -0.25) is 4.57 Å². The highest BCUT2D eigenvalue weighted by Crippen LogP contribution is 2.43. The number of hydrogen-bond donors (Lipinski definition) is 0. The molecular formula is C56H34N4O. The van der Waals surface area contributed by atoms with Crippen LogP contribution in [0.5, 0.6) is 0 Å². The highest BCUT2D eigenvalue weighted by atomic mass is 16.3. The van der Waals surface area contributed by atoms with Crippen molar-refractivity contribution in [2.75, 3.05) is 0 Å². The van der Waals surface area contributed by atoms with Gasteiger partial charge in [-0.2, -0.15) is 0 Å². The van der Waals surface area contributed by atoms with Gasteiger partial charge in [0, 0.05) is 38.2 Å². The molecule has 0 aliphatic heterocycles. The molecule has 0 saturated heterocycles. The topological polar surface area (TPSA) is 48.8 Å². The Labute approximate surface area is 350 Å². The molecule has 0 N–H and O–H groups in total. The van der Waals surface area contributed by atoms with Gasteiger partial charge in [0.1, 0.15) is 16.8 Å². The Morgan fingerprint density at radius 3 is 1.64 bits per heavy atom. The summed E-state index contributed by atoms with van der Waals surface area (Å²) in [6.07, 6.45) is 0. The highest BCUT2D eigenvalue weighted by molar-refractivity contribution is 6.15. The fourth-order valence-electron chi connectivity index (χ4n) is 9.63. The smallest absolute Gasteiger partial charge is 0.236 e. The standard InChI is InChI=1S/C56H34N4O/c1-3-15-35(16-4-1)40-24-13-17-36-18-14-25-44(52(36)40)54-55-53(43-23-9-12-28-51(43)61-55)57-56(58-54)60-48-27-11-8-22-42(48)46-34-38(30-32-50(46)60)37-29-31-49-45(33-37)41-21-7-10-26-47(41)59(49)39-19-5-2-6-20-39/h1-34H. The van der Waals surface area contributed by atoms with Crippen molar-refractivity contribution in [2.45, 2.75) is 0 Å². The summed E-state index contributed by atoms with van der Waals surface area (Å²) < 4.78 is 11.3. The summed E-state index contributed by atoms with van der Waals surface area (Å²) in [5.74, 6) is 0.595. The Bertz CT molecular complexity index is 3870. The van der Waals surface area contributed by atoms with Crippen molar-refractivity contribution in [1.82, 2.24) is 19.1 Å². The lowest BCUT2D eigenvalue weighted by atomic mass is 9.93. The van der Waals surface area contributed by atoms with E-state index in [1.54, 1.807) is 0 Å². The van der Waals surface area contributed by atoms with Gasteiger partial charge < -0.3 is 8.98 Å². The number of rotatable bonds is 5. The molecule has 13 aromatic rings. The van der Waals surface area contributed by atoms with Crippen LogP contribution in [0, 0.1) is 0 Å². The number of nitrogens with zero attached hydrogens (tertiary/aromatic N) is 4. The van der Waals surface area contributed by atoms with Gasteiger partial charge in [-0.1, -0.05) is 146 Å². The molecular weight excluding hydrogens is 745 g/mol. The Hall–Kier alpha value is -8.28. The quantitative estimate of drug-likeness (QED) is 0.175. The molecule has 0 aliphatic carbocycles. The van der Waals surface area contributed by atoms with Gasteiger partial charge in [0.25, 0.3) is 0 Å². The lowest BCUT2D eigenvalue weighted by Crippen LogP contribution is -2.03. The van der Waals surface area contributed by atoms with E-state index < -0.39 is 0 Å². The van der Waals surface area contributed by atoms with Crippen LogP contribution in [0.25, 0.3) is 122 Å². The monoisotopic (exact) mass is 778 g/mol. The largest absolute Gasteiger partial charge is 0.452 e. The van der Waals surface area contributed by atoms with Crippen molar-refractivity contribution < 1.29 is 4.42 Å². The Balaban J connectivity index is 1.04. The van der Waals surface area contributed by atoms with Crippen LogP contribution in [0.15, 0.2) is 211 Å². The first-order valence-corrected chi connectivity index (χ1v) is 20.7. The van der Waals surface area contributed by atoms with Crippen LogP contribution < -0.4 is 0 Å². The molecule has 4 heterocycles. The molecule has 61 heavy (non-hydrogen) atoms. The second-order valence-corrected chi connectivity index (χ2v) is 15.7. The maximum Gasteiger partial charge on any atom is 0.236 e. The van der Waals surface area contributed by atoms with Gasteiger partial charge in [-0.25, -0.2) is 9.97 Å². The molecule has 284 valence electrons. The van der Waals surface area contributed by atoms with Crippen LogP contribution in [0.2, 0.25) is 0 Å². The van der Waals surface area contributed by atoms with Crippen LogP contribution in [-0.2, 0) is 0 Å². The predicted octanol–water partition coefficient (Wildman–Crippen LogP) is 14.7. The van der Waals surface area contributed by atoms with E-state index in [4.69, 9.17) is 14.4 Å². The normalized spacial score (nSPS) is 11.9. The molecule has 0 unspecified atom stereocenters. The highest BCUT2D eigenvalue weighted by Gasteiger charge is 2.23. The van der Waals surface area contributed by atoms with E-state index in [1.807, 2.05) is 18.2 Å². The lowest BCUT2D eigenvalue weighted by molar-refractivity contribution is 0.666. The van der Waals surface area contributed by atoms with Crippen molar-refractivity contribution in [3.63, 3.8) is 0 Å². The second-order valence-electron chi connectivity index (χ2n) is 15.7. The number of aromatic nitrogens is 4. The van der Waals surface area contributed by atoms with Crippen LogP contribution >= 0.6 is 0 Å². The molecule has 0 saturated carbocycles. The Kier molecular flexibility index (Phi) is 7.24. The van der Waals surface area contributed by atoms with Crippen LogP contribution in [0.1, 0.15) is 0 Å². The van der Waals surface area contributed by atoms with Crippen molar-refractivity contribution >= 4 is 76.5 Å². The summed E-state index contributed by atoms with van der Waals surface area (Å²) in [5.41, 5.74) is 14.2. The average molecular weight is 779 g/mol. The van der Waals surface area contributed by atoms with Gasteiger partial charge in [0.2, 0.25) is 5.95 Å². The number of fused-ring (bicyclic) bond motifs is 10. The van der Waals surface area contributed by atoms with Gasteiger partial charge in [-0.05, 0) is 93.7 Å². The summed E-state index contributed by atoms with van der Waals surface area (Å²) in [4.78, 5) is 10.9. The minimum atomic E-state index is 0.595. The Morgan fingerprint density at radius 2 is 0.934 bits per heavy atom. The first kappa shape index (κ1) is 33.7. The SMILES string of the molecule is c1ccc(-c2cccc3cccc(-c4nc(-n5c6ccccc6c6cc(-c7ccc8c(c7)c7ccccc7n8-c7ccccc7)ccc65)nc5c4oc4ccccc45)c23)cc1. The van der Waals surface area contributed by atoms with Crippen LogP contribution in [0.4, 0.5) is 0 Å². The first-order valence-electron chi connectivity index (χ1n) is 20.7. The van der Waals surface area contributed by atoms with E-state index in [2.05, 4.69) is 197 Å². The molecule has 5 nitrogen and oxygen atoms in total. The summed E-state index contributed by atoms with van der Waals surface area (Å²) in [7, 11) is 0. The van der Waals surface area contributed by atoms with Crippen LogP contribution in [-0.4, -0.2) is 19.1 Å².